The molecule has 0 bridgehead atoms. The van der Waals surface area contributed by atoms with Crippen LogP contribution >= 0.6 is 0 Å². The molecule has 2 N–H and O–H groups in total. The lowest BCUT2D eigenvalue weighted by Gasteiger charge is -2.27. The SMILES string of the molecule is CC(=O)NC1CCCc2c(-c3noc(-c4ccc(OC(C)C)c(C#N)c4)n3)cccc21.CCC(O)CC. The van der Waals surface area contributed by atoms with Crippen molar-refractivity contribution in [3.05, 3.63) is 53.1 Å². The quantitative estimate of drug-likeness (QED) is 0.420. The average Bonchev–Trinajstić information content (AvgIpc) is 3.38. The van der Waals surface area contributed by atoms with Crippen LogP contribution < -0.4 is 10.1 Å². The van der Waals surface area contributed by atoms with Crippen molar-refractivity contribution in [2.75, 3.05) is 0 Å². The van der Waals surface area contributed by atoms with Crippen LogP contribution in [0.15, 0.2) is 40.9 Å². The first-order valence-corrected chi connectivity index (χ1v) is 12.9. The topological polar surface area (TPSA) is 121 Å². The lowest BCUT2D eigenvalue weighted by atomic mass is 9.84. The van der Waals surface area contributed by atoms with Gasteiger partial charge in [0.25, 0.3) is 5.89 Å². The van der Waals surface area contributed by atoms with Crippen LogP contribution in [0.4, 0.5) is 0 Å². The molecule has 37 heavy (non-hydrogen) atoms. The van der Waals surface area contributed by atoms with Crippen LogP contribution in [0.5, 0.6) is 5.75 Å². The van der Waals surface area contributed by atoms with Gasteiger partial charge in [0.2, 0.25) is 11.7 Å². The van der Waals surface area contributed by atoms with Gasteiger partial charge in [-0.25, -0.2) is 0 Å². The Morgan fingerprint density at radius 2 is 2.03 bits per heavy atom. The molecule has 8 nitrogen and oxygen atoms in total. The summed E-state index contributed by atoms with van der Waals surface area (Å²) in [5, 5.41) is 25.4. The third-order valence-electron chi connectivity index (χ3n) is 6.20. The summed E-state index contributed by atoms with van der Waals surface area (Å²) in [6.07, 6.45) is 4.46. The predicted octanol–water partition coefficient (Wildman–Crippen LogP) is 5.74. The maximum atomic E-state index is 11.6. The Hall–Kier alpha value is -3.70. The van der Waals surface area contributed by atoms with Gasteiger partial charge in [0.1, 0.15) is 11.8 Å². The number of ether oxygens (including phenoxy) is 1. The van der Waals surface area contributed by atoms with E-state index in [1.54, 1.807) is 12.1 Å². The van der Waals surface area contributed by atoms with E-state index in [1.807, 2.05) is 52.0 Å². The van der Waals surface area contributed by atoms with E-state index >= 15 is 0 Å². The maximum Gasteiger partial charge on any atom is 0.258 e. The van der Waals surface area contributed by atoms with Crippen molar-refractivity contribution in [3.63, 3.8) is 0 Å². The van der Waals surface area contributed by atoms with Crippen LogP contribution in [0.1, 0.15) is 83.0 Å². The fourth-order valence-electron chi connectivity index (χ4n) is 4.30. The van der Waals surface area contributed by atoms with Crippen LogP contribution in [-0.4, -0.2) is 33.4 Å². The standard InChI is InChI=1S/C24H24N4O3.C5H12O/c1-14(2)30-22-11-10-16(12-17(22)13-25)24-27-23(28-31-24)20-8-4-7-19-18(20)6-5-9-21(19)26-15(3)29;1-3-5(6)4-2/h4,7-8,10-12,14,21H,5-6,9H2,1-3H3,(H,26,29);5-6H,3-4H2,1-2H3. The number of carbonyl (C=O) groups is 1. The molecule has 8 heteroatoms. The highest BCUT2D eigenvalue weighted by Gasteiger charge is 2.25. The fourth-order valence-corrected chi connectivity index (χ4v) is 4.30. The van der Waals surface area contributed by atoms with Crippen molar-refractivity contribution >= 4 is 5.91 Å². The van der Waals surface area contributed by atoms with E-state index in [2.05, 4.69) is 21.5 Å². The molecule has 0 aliphatic heterocycles. The molecule has 0 spiro atoms. The van der Waals surface area contributed by atoms with E-state index in [0.29, 0.717) is 28.6 Å². The Balaban J connectivity index is 0.000000568. The summed E-state index contributed by atoms with van der Waals surface area (Å²) in [6, 6.07) is 13.4. The van der Waals surface area contributed by atoms with E-state index < -0.39 is 0 Å². The molecule has 1 heterocycles. The molecule has 1 aromatic heterocycles. The normalized spacial score (nSPS) is 14.4. The first-order valence-electron chi connectivity index (χ1n) is 12.9. The number of aromatic nitrogens is 2. The van der Waals surface area contributed by atoms with Crippen LogP contribution in [0.2, 0.25) is 0 Å². The van der Waals surface area contributed by atoms with Gasteiger partial charge in [0, 0.05) is 18.1 Å². The summed E-state index contributed by atoms with van der Waals surface area (Å²) < 4.78 is 11.2. The van der Waals surface area contributed by atoms with Gasteiger partial charge >= 0.3 is 0 Å². The largest absolute Gasteiger partial charge is 0.490 e. The number of aliphatic hydroxyl groups excluding tert-OH is 1. The second-order valence-electron chi connectivity index (χ2n) is 9.40. The number of nitrogens with zero attached hydrogens (tertiary/aromatic N) is 3. The third-order valence-corrected chi connectivity index (χ3v) is 6.20. The van der Waals surface area contributed by atoms with Crippen molar-refractivity contribution in [1.82, 2.24) is 15.5 Å². The third kappa shape index (κ3) is 7.17. The highest BCUT2D eigenvalue weighted by Crippen LogP contribution is 2.36. The molecule has 3 aromatic rings. The number of amides is 1. The lowest BCUT2D eigenvalue weighted by molar-refractivity contribution is -0.119. The molecule has 0 fully saturated rings. The van der Waals surface area contributed by atoms with Crippen molar-refractivity contribution < 1.29 is 19.2 Å². The minimum Gasteiger partial charge on any atom is -0.490 e. The zero-order chi connectivity index (χ0) is 26.9. The van der Waals surface area contributed by atoms with Crippen LogP contribution in [0.25, 0.3) is 22.8 Å². The van der Waals surface area contributed by atoms with Gasteiger partial charge in [0.15, 0.2) is 0 Å². The van der Waals surface area contributed by atoms with Crippen LogP contribution in [-0.2, 0) is 11.2 Å². The molecule has 4 rings (SSSR count). The molecule has 0 radical (unpaired) electrons. The molecule has 0 saturated heterocycles. The Bertz CT molecular complexity index is 1240. The number of rotatable bonds is 7. The summed E-state index contributed by atoms with van der Waals surface area (Å²) in [6.45, 7) is 9.33. The number of carbonyl (C=O) groups excluding carboxylic acids is 1. The summed E-state index contributed by atoms with van der Waals surface area (Å²) in [4.78, 5) is 16.2. The maximum absolute atomic E-state index is 11.6. The number of nitriles is 1. The highest BCUT2D eigenvalue weighted by atomic mass is 16.5. The van der Waals surface area contributed by atoms with E-state index in [0.717, 1.165) is 48.8 Å². The van der Waals surface area contributed by atoms with E-state index in [9.17, 15) is 10.1 Å². The molecular formula is C29H36N4O4. The minimum absolute atomic E-state index is 0.000685. The number of hydrogen-bond acceptors (Lipinski definition) is 7. The van der Waals surface area contributed by atoms with E-state index in [4.69, 9.17) is 14.4 Å². The second kappa shape index (κ2) is 13.0. The molecule has 1 atom stereocenters. The van der Waals surface area contributed by atoms with Crippen LogP contribution in [0.3, 0.4) is 0 Å². The smallest absolute Gasteiger partial charge is 0.258 e. The molecular weight excluding hydrogens is 468 g/mol. The monoisotopic (exact) mass is 504 g/mol. The summed E-state index contributed by atoms with van der Waals surface area (Å²) in [5.41, 5.74) is 4.22. The zero-order valence-electron chi connectivity index (χ0n) is 22.2. The first-order chi connectivity index (χ1) is 17.8. The van der Waals surface area contributed by atoms with Gasteiger partial charge in [-0.1, -0.05) is 37.2 Å². The summed E-state index contributed by atoms with van der Waals surface area (Å²) >= 11 is 0. The number of aliphatic hydroxyl groups is 1. The molecule has 1 unspecified atom stereocenters. The summed E-state index contributed by atoms with van der Waals surface area (Å²) in [7, 11) is 0. The Labute approximate surface area is 218 Å². The van der Waals surface area contributed by atoms with Gasteiger partial charge in [-0.3, -0.25) is 4.79 Å². The van der Waals surface area contributed by atoms with Gasteiger partial charge in [-0.2, -0.15) is 10.2 Å². The van der Waals surface area contributed by atoms with Crippen molar-refractivity contribution in [2.45, 2.75) is 85.0 Å². The molecule has 2 aromatic carbocycles. The summed E-state index contributed by atoms with van der Waals surface area (Å²) in [5.74, 6) is 1.33. The first kappa shape index (κ1) is 27.9. The second-order valence-corrected chi connectivity index (χ2v) is 9.40. The fraction of sp³-hybridized carbons (Fsp3) is 0.448. The number of hydrogen-bond donors (Lipinski definition) is 2. The number of nitrogens with one attached hydrogen (secondary N) is 1. The minimum atomic E-state index is -0.0648. The zero-order valence-corrected chi connectivity index (χ0v) is 22.2. The van der Waals surface area contributed by atoms with E-state index in [1.165, 1.54) is 6.92 Å². The predicted molar refractivity (Wildman–Crippen MR) is 142 cm³/mol. The highest BCUT2D eigenvalue weighted by molar-refractivity contribution is 5.74. The Morgan fingerprint density at radius 1 is 1.27 bits per heavy atom. The van der Waals surface area contributed by atoms with Crippen LogP contribution in [0, 0.1) is 11.3 Å². The van der Waals surface area contributed by atoms with Gasteiger partial charge in [-0.05, 0) is 75.3 Å². The number of fused-ring (bicyclic) bond motifs is 1. The Morgan fingerprint density at radius 3 is 2.65 bits per heavy atom. The molecule has 0 saturated carbocycles. The van der Waals surface area contributed by atoms with Crippen molar-refractivity contribution in [1.29, 1.82) is 5.26 Å². The van der Waals surface area contributed by atoms with Gasteiger partial charge < -0.3 is 19.7 Å². The molecule has 1 aliphatic rings. The number of benzene rings is 2. The van der Waals surface area contributed by atoms with Crippen molar-refractivity contribution in [2.24, 2.45) is 0 Å². The molecule has 196 valence electrons. The molecule has 1 aliphatic carbocycles. The lowest BCUT2D eigenvalue weighted by Crippen LogP contribution is -2.29. The van der Waals surface area contributed by atoms with Crippen molar-refractivity contribution in [3.8, 4) is 34.7 Å². The van der Waals surface area contributed by atoms with Gasteiger partial charge in [0.05, 0.1) is 23.8 Å². The molecule has 1 amide bonds. The van der Waals surface area contributed by atoms with Gasteiger partial charge in [-0.15, -0.1) is 0 Å². The van der Waals surface area contributed by atoms with E-state index in [-0.39, 0.29) is 24.2 Å². The Kier molecular flexibility index (Phi) is 9.81. The average molecular weight is 505 g/mol.